The first-order valence-electron chi connectivity index (χ1n) is 6.42. The molecule has 0 aromatic rings. The average Bonchev–Trinajstić information content (AvgIpc) is 2.98. The average molecular weight is 224 g/mol. The molecule has 3 atom stereocenters. The molecule has 90 valence electrons. The Hall–Kier alpha value is -0.610. The lowest BCUT2D eigenvalue weighted by molar-refractivity contribution is -0.137. The van der Waals surface area contributed by atoms with Crippen molar-refractivity contribution in [2.75, 3.05) is 39.4 Å². The zero-order chi connectivity index (χ0) is 11.0. The number of rotatable bonds is 1. The smallest absolute Gasteiger partial charge is 0.227 e. The van der Waals surface area contributed by atoms with Gasteiger partial charge >= 0.3 is 0 Å². The van der Waals surface area contributed by atoms with E-state index in [1.54, 1.807) is 0 Å². The summed E-state index contributed by atoms with van der Waals surface area (Å²) in [5.41, 5.74) is 0. The highest BCUT2D eigenvalue weighted by atomic mass is 16.5. The number of hydrogen-bond acceptors (Lipinski definition) is 3. The second-order valence-electron chi connectivity index (χ2n) is 5.32. The summed E-state index contributed by atoms with van der Waals surface area (Å²) < 4.78 is 5.49. The molecule has 0 spiro atoms. The zero-order valence-electron chi connectivity index (χ0n) is 9.65. The number of piperidine rings is 1. The third-order valence-corrected chi connectivity index (χ3v) is 4.28. The maximum Gasteiger partial charge on any atom is 0.227 e. The van der Waals surface area contributed by atoms with Gasteiger partial charge in [-0.3, -0.25) is 4.79 Å². The molecule has 0 radical (unpaired) electrons. The number of likely N-dealkylation sites (tertiary alicyclic amines) is 1. The van der Waals surface area contributed by atoms with E-state index in [1.807, 2.05) is 0 Å². The van der Waals surface area contributed by atoms with Gasteiger partial charge < -0.3 is 15.0 Å². The van der Waals surface area contributed by atoms with Crippen LogP contribution in [0, 0.1) is 17.8 Å². The molecule has 3 saturated heterocycles. The Labute approximate surface area is 96.3 Å². The summed E-state index contributed by atoms with van der Waals surface area (Å²) in [7, 11) is 0. The number of nitrogens with zero attached hydrogens (tertiary/aromatic N) is 1. The van der Waals surface area contributed by atoms with Gasteiger partial charge in [-0.25, -0.2) is 0 Å². The highest BCUT2D eigenvalue weighted by Gasteiger charge is 2.37. The number of amides is 1. The number of carbonyl (C=O) groups excluding carboxylic acids is 1. The molecule has 4 nitrogen and oxygen atoms in total. The molecule has 3 rings (SSSR count). The lowest BCUT2D eigenvalue weighted by Crippen LogP contribution is -2.46. The Morgan fingerprint density at radius 2 is 2.12 bits per heavy atom. The van der Waals surface area contributed by atoms with Crippen LogP contribution in [-0.4, -0.2) is 50.2 Å². The van der Waals surface area contributed by atoms with Crippen LogP contribution in [-0.2, 0) is 9.53 Å². The number of fused-ring (bicyclic) bond motifs is 1. The lowest BCUT2D eigenvalue weighted by Gasteiger charge is -2.35. The molecule has 0 aromatic heterocycles. The van der Waals surface area contributed by atoms with E-state index in [4.69, 9.17) is 4.74 Å². The second-order valence-corrected chi connectivity index (χ2v) is 5.32. The van der Waals surface area contributed by atoms with Gasteiger partial charge in [-0.15, -0.1) is 0 Å². The first kappa shape index (κ1) is 10.5. The summed E-state index contributed by atoms with van der Waals surface area (Å²) in [6.45, 7) is 5.52. The molecule has 1 amide bonds. The maximum absolute atomic E-state index is 12.2. The van der Waals surface area contributed by atoms with E-state index in [9.17, 15) is 4.79 Å². The summed E-state index contributed by atoms with van der Waals surface area (Å²) in [4.78, 5) is 14.3. The maximum atomic E-state index is 12.2. The third-order valence-electron chi connectivity index (χ3n) is 4.28. The SMILES string of the molecule is O=C([C@@H]1CCNC1)N1CC[C@H]2COC[C@@H]2C1. The van der Waals surface area contributed by atoms with Gasteiger partial charge in [-0.1, -0.05) is 0 Å². The number of ether oxygens (including phenoxy) is 1. The van der Waals surface area contributed by atoms with Gasteiger partial charge in [0.1, 0.15) is 0 Å². The fourth-order valence-electron chi connectivity index (χ4n) is 3.18. The first-order chi connectivity index (χ1) is 7.84. The Kier molecular flexibility index (Phi) is 2.86. The second kappa shape index (κ2) is 4.34. The predicted octanol–water partition coefficient (Wildman–Crippen LogP) is 0.0908. The van der Waals surface area contributed by atoms with Crippen molar-refractivity contribution in [1.29, 1.82) is 0 Å². The molecule has 16 heavy (non-hydrogen) atoms. The van der Waals surface area contributed by atoms with Crippen molar-refractivity contribution in [3.05, 3.63) is 0 Å². The summed E-state index contributed by atoms with van der Waals surface area (Å²) in [6.07, 6.45) is 2.15. The minimum atomic E-state index is 0.235. The van der Waals surface area contributed by atoms with E-state index in [-0.39, 0.29) is 5.92 Å². The largest absolute Gasteiger partial charge is 0.381 e. The predicted molar refractivity (Wildman–Crippen MR) is 60.0 cm³/mol. The van der Waals surface area contributed by atoms with Crippen LogP contribution in [0.5, 0.6) is 0 Å². The van der Waals surface area contributed by atoms with Gasteiger partial charge in [0.2, 0.25) is 5.91 Å². The topological polar surface area (TPSA) is 41.6 Å². The van der Waals surface area contributed by atoms with Gasteiger partial charge in [0.15, 0.2) is 0 Å². The van der Waals surface area contributed by atoms with E-state index in [1.165, 1.54) is 0 Å². The fraction of sp³-hybridized carbons (Fsp3) is 0.917. The molecule has 3 fully saturated rings. The van der Waals surface area contributed by atoms with E-state index < -0.39 is 0 Å². The third kappa shape index (κ3) is 1.84. The minimum absolute atomic E-state index is 0.235. The molecule has 1 N–H and O–H groups in total. The van der Waals surface area contributed by atoms with Gasteiger partial charge in [0, 0.05) is 32.2 Å². The van der Waals surface area contributed by atoms with Crippen LogP contribution in [0.25, 0.3) is 0 Å². The highest BCUT2D eigenvalue weighted by molar-refractivity contribution is 5.79. The van der Waals surface area contributed by atoms with Crippen molar-refractivity contribution in [2.24, 2.45) is 17.8 Å². The highest BCUT2D eigenvalue weighted by Crippen LogP contribution is 2.30. The van der Waals surface area contributed by atoms with E-state index in [0.717, 1.165) is 52.2 Å². The molecule has 0 aromatic carbocycles. The zero-order valence-corrected chi connectivity index (χ0v) is 9.65. The molecule has 3 aliphatic heterocycles. The Balaban J connectivity index is 1.60. The standard InChI is InChI=1S/C12H20N2O2/c15-12(9-1-3-13-5-9)14-4-2-10-7-16-8-11(10)6-14/h9-11,13H,1-8H2/t9-,10+,11+/m1/s1. The van der Waals surface area contributed by atoms with Gasteiger partial charge in [0.05, 0.1) is 12.5 Å². The van der Waals surface area contributed by atoms with Crippen LogP contribution in [0.3, 0.4) is 0 Å². The van der Waals surface area contributed by atoms with Crippen molar-refractivity contribution in [3.8, 4) is 0 Å². The molecule has 4 heteroatoms. The normalized spacial score (nSPS) is 38.8. The molecular formula is C12H20N2O2. The van der Waals surface area contributed by atoms with Crippen LogP contribution >= 0.6 is 0 Å². The Bertz CT molecular complexity index is 276. The van der Waals surface area contributed by atoms with E-state index in [2.05, 4.69) is 10.2 Å². The molecule has 3 heterocycles. The van der Waals surface area contributed by atoms with Crippen molar-refractivity contribution in [1.82, 2.24) is 10.2 Å². The minimum Gasteiger partial charge on any atom is -0.381 e. The van der Waals surface area contributed by atoms with Gasteiger partial charge in [-0.2, -0.15) is 0 Å². The first-order valence-corrected chi connectivity index (χ1v) is 6.42. The monoisotopic (exact) mass is 224 g/mol. The molecule has 0 saturated carbocycles. The number of hydrogen-bond donors (Lipinski definition) is 1. The van der Waals surface area contributed by atoms with E-state index in [0.29, 0.717) is 17.7 Å². The van der Waals surface area contributed by atoms with Crippen molar-refractivity contribution in [3.63, 3.8) is 0 Å². The van der Waals surface area contributed by atoms with Crippen LogP contribution in [0.2, 0.25) is 0 Å². The molecular weight excluding hydrogens is 204 g/mol. The quantitative estimate of drug-likeness (QED) is 0.686. The van der Waals surface area contributed by atoms with Crippen LogP contribution in [0.4, 0.5) is 0 Å². The summed E-state index contributed by atoms with van der Waals surface area (Å²) >= 11 is 0. The summed E-state index contributed by atoms with van der Waals surface area (Å²) in [5, 5.41) is 3.27. The van der Waals surface area contributed by atoms with Crippen molar-refractivity contribution in [2.45, 2.75) is 12.8 Å². The number of carbonyl (C=O) groups is 1. The molecule has 0 bridgehead atoms. The summed E-state index contributed by atoms with van der Waals surface area (Å²) in [5.74, 6) is 1.92. The van der Waals surface area contributed by atoms with Gasteiger partial charge in [0.25, 0.3) is 0 Å². The fourth-order valence-corrected chi connectivity index (χ4v) is 3.18. The Morgan fingerprint density at radius 1 is 1.25 bits per heavy atom. The van der Waals surface area contributed by atoms with Crippen LogP contribution in [0.1, 0.15) is 12.8 Å². The summed E-state index contributed by atoms with van der Waals surface area (Å²) in [6, 6.07) is 0. The Morgan fingerprint density at radius 3 is 2.94 bits per heavy atom. The molecule has 0 aliphatic carbocycles. The van der Waals surface area contributed by atoms with Crippen molar-refractivity contribution >= 4 is 5.91 Å². The van der Waals surface area contributed by atoms with Crippen molar-refractivity contribution < 1.29 is 9.53 Å². The van der Waals surface area contributed by atoms with Crippen LogP contribution < -0.4 is 5.32 Å². The molecule has 3 aliphatic rings. The van der Waals surface area contributed by atoms with Gasteiger partial charge in [-0.05, 0) is 25.3 Å². The number of nitrogens with one attached hydrogen (secondary N) is 1. The lowest BCUT2D eigenvalue weighted by atomic mass is 9.88. The molecule has 0 unspecified atom stereocenters. The van der Waals surface area contributed by atoms with Crippen LogP contribution in [0.15, 0.2) is 0 Å². The van der Waals surface area contributed by atoms with E-state index >= 15 is 0 Å².